The highest BCUT2D eigenvalue weighted by Crippen LogP contribution is 2.07. The minimum absolute atomic E-state index is 0.195. The van der Waals surface area contributed by atoms with Gasteiger partial charge in [0, 0.05) is 13.1 Å². The second kappa shape index (κ2) is 8.22. The molecular weight excluding hydrogens is 262 g/mol. The van der Waals surface area contributed by atoms with E-state index in [2.05, 4.69) is 29.2 Å². The van der Waals surface area contributed by atoms with E-state index in [9.17, 15) is 4.79 Å². The maximum Gasteiger partial charge on any atom is 0.319 e. The lowest BCUT2D eigenvalue weighted by Gasteiger charge is -2.21. The van der Waals surface area contributed by atoms with Crippen molar-refractivity contribution in [2.24, 2.45) is 0 Å². The molecule has 21 heavy (non-hydrogen) atoms. The molecule has 2 rings (SSSR count). The molecule has 0 unspecified atom stereocenters. The van der Waals surface area contributed by atoms with Crippen molar-refractivity contribution in [1.82, 2.24) is 4.90 Å². The molecule has 0 fully saturated rings. The molecule has 0 saturated heterocycles. The number of hydrogen-bond donors (Lipinski definition) is 0. The molecule has 0 N–H and O–H groups in total. The van der Waals surface area contributed by atoms with Crippen LogP contribution in [0.3, 0.4) is 0 Å². The van der Waals surface area contributed by atoms with Crippen molar-refractivity contribution >= 4 is 5.97 Å². The van der Waals surface area contributed by atoms with Crippen LogP contribution in [0.4, 0.5) is 0 Å². The van der Waals surface area contributed by atoms with Gasteiger partial charge in [0.1, 0.15) is 0 Å². The molecule has 0 saturated carbocycles. The van der Waals surface area contributed by atoms with Gasteiger partial charge in [-0.05, 0) is 17.5 Å². The Hall–Kier alpha value is -2.13. The van der Waals surface area contributed by atoms with E-state index in [-0.39, 0.29) is 5.97 Å². The third kappa shape index (κ3) is 5.40. The molecule has 0 heterocycles. The van der Waals surface area contributed by atoms with Crippen molar-refractivity contribution in [2.75, 3.05) is 20.2 Å². The summed E-state index contributed by atoms with van der Waals surface area (Å²) in [6.07, 6.45) is 0.921. The summed E-state index contributed by atoms with van der Waals surface area (Å²) in [7, 11) is 1.43. The number of ether oxygens (including phenoxy) is 1. The van der Waals surface area contributed by atoms with Gasteiger partial charge in [0.2, 0.25) is 0 Å². The number of benzene rings is 2. The van der Waals surface area contributed by atoms with Crippen molar-refractivity contribution in [3.05, 3.63) is 71.8 Å². The number of esters is 1. The first-order valence-corrected chi connectivity index (χ1v) is 7.15. The number of hydrogen-bond acceptors (Lipinski definition) is 3. The van der Waals surface area contributed by atoms with Crippen molar-refractivity contribution < 1.29 is 9.53 Å². The van der Waals surface area contributed by atoms with Gasteiger partial charge in [-0.15, -0.1) is 0 Å². The summed E-state index contributed by atoms with van der Waals surface area (Å²) < 4.78 is 4.79. The Balaban J connectivity index is 1.96. The van der Waals surface area contributed by atoms with E-state index in [4.69, 9.17) is 4.74 Å². The summed E-state index contributed by atoms with van der Waals surface area (Å²) in [4.78, 5) is 13.7. The maximum absolute atomic E-state index is 11.6. The second-order valence-corrected chi connectivity index (χ2v) is 5.01. The Morgan fingerprint density at radius 1 is 0.952 bits per heavy atom. The molecule has 2 aromatic carbocycles. The van der Waals surface area contributed by atoms with Crippen LogP contribution in [0.25, 0.3) is 0 Å². The van der Waals surface area contributed by atoms with E-state index in [1.807, 2.05) is 36.4 Å². The summed E-state index contributed by atoms with van der Waals surface area (Å²) in [6.45, 7) is 1.90. The molecule has 3 nitrogen and oxygen atoms in total. The van der Waals surface area contributed by atoms with Gasteiger partial charge in [-0.3, -0.25) is 9.69 Å². The van der Waals surface area contributed by atoms with E-state index in [1.54, 1.807) is 0 Å². The average Bonchev–Trinajstić information content (AvgIpc) is 2.54. The first-order valence-electron chi connectivity index (χ1n) is 7.15. The van der Waals surface area contributed by atoms with Crippen LogP contribution < -0.4 is 0 Å². The molecule has 0 atom stereocenters. The Bertz CT molecular complexity index is 540. The van der Waals surface area contributed by atoms with E-state index in [0.29, 0.717) is 6.54 Å². The Morgan fingerprint density at radius 2 is 1.52 bits per heavy atom. The van der Waals surface area contributed by atoms with Crippen LogP contribution in [0.5, 0.6) is 0 Å². The zero-order chi connectivity index (χ0) is 14.9. The van der Waals surface area contributed by atoms with Crippen molar-refractivity contribution in [3.8, 4) is 0 Å². The van der Waals surface area contributed by atoms with E-state index >= 15 is 0 Å². The average molecular weight is 283 g/mol. The normalized spacial score (nSPS) is 10.6. The highest BCUT2D eigenvalue weighted by atomic mass is 16.5. The smallest absolute Gasteiger partial charge is 0.319 e. The van der Waals surface area contributed by atoms with Gasteiger partial charge < -0.3 is 4.74 Å². The van der Waals surface area contributed by atoms with Crippen LogP contribution >= 0.6 is 0 Å². The topological polar surface area (TPSA) is 29.5 Å². The van der Waals surface area contributed by atoms with Crippen LogP contribution in [0.2, 0.25) is 0 Å². The standard InChI is InChI=1S/C18H21NO2/c1-21-18(20)15-19(14-17-10-6-3-7-11-17)13-12-16-8-4-2-5-9-16/h2-11H,12-15H2,1H3. The van der Waals surface area contributed by atoms with Gasteiger partial charge >= 0.3 is 5.97 Å². The van der Waals surface area contributed by atoms with E-state index in [0.717, 1.165) is 19.5 Å². The molecule has 0 amide bonds. The Kier molecular flexibility index (Phi) is 5.98. The second-order valence-electron chi connectivity index (χ2n) is 5.01. The zero-order valence-electron chi connectivity index (χ0n) is 12.4. The van der Waals surface area contributed by atoms with Crippen molar-refractivity contribution in [1.29, 1.82) is 0 Å². The van der Waals surface area contributed by atoms with Gasteiger partial charge in [-0.2, -0.15) is 0 Å². The molecule has 110 valence electrons. The minimum Gasteiger partial charge on any atom is -0.468 e. The highest BCUT2D eigenvalue weighted by Gasteiger charge is 2.11. The lowest BCUT2D eigenvalue weighted by Crippen LogP contribution is -2.32. The quantitative estimate of drug-likeness (QED) is 0.732. The Labute approximate surface area is 126 Å². The molecule has 3 heteroatoms. The highest BCUT2D eigenvalue weighted by molar-refractivity contribution is 5.71. The lowest BCUT2D eigenvalue weighted by atomic mass is 10.1. The van der Waals surface area contributed by atoms with Crippen LogP contribution in [-0.4, -0.2) is 31.1 Å². The van der Waals surface area contributed by atoms with E-state index in [1.165, 1.54) is 18.2 Å². The van der Waals surface area contributed by atoms with Gasteiger partial charge in [0.05, 0.1) is 13.7 Å². The van der Waals surface area contributed by atoms with Crippen molar-refractivity contribution in [3.63, 3.8) is 0 Å². The monoisotopic (exact) mass is 283 g/mol. The van der Waals surface area contributed by atoms with Crippen LogP contribution in [0, 0.1) is 0 Å². The first kappa shape index (κ1) is 15.3. The molecule has 0 aromatic heterocycles. The molecule has 0 radical (unpaired) electrons. The zero-order valence-corrected chi connectivity index (χ0v) is 12.4. The number of carbonyl (C=O) groups is 1. The van der Waals surface area contributed by atoms with Gasteiger partial charge in [0.15, 0.2) is 0 Å². The number of rotatable bonds is 7. The third-order valence-corrected chi connectivity index (χ3v) is 3.39. The fourth-order valence-corrected chi connectivity index (χ4v) is 2.23. The van der Waals surface area contributed by atoms with Gasteiger partial charge in [-0.25, -0.2) is 0 Å². The van der Waals surface area contributed by atoms with Crippen molar-refractivity contribution in [2.45, 2.75) is 13.0 Å². The largest absolute Gasteiger partial charge is 0.468 e. The number of nitrogens with zero attached hydrogens (tertiary/aromatic N) is 1. The summed E-state index contributed by atoms with van der Waals surface area (Å²) in [6, 6.07) is 20.5. The molecule has 2 aromatic rings. The molecule has 0 aliphatic rings. The van der Waals surface area contributed by atoms with Gasteiger partial charge in [0.25, 0.3) is 0 Å². The van der Waals surface area contributed by atoms with Crippen LogP contribution in [-0.2, 0) is 22.5 Å². The number of methoxy groups -OCH3 is 1. The molecule has 0 aliphatic carbocycles. The predicted molar refractivity (Wildman–Crippen MR) is 83.9 cm³/mol. The molecule has 0 aliphatic heterocycles. The summed E-state index contributed by atoms with van der Waals surface area (Å²) in [5.41, 5.74) is 2.48. The van der Waals surface area contributed by atoms with Crippen LogP contribution in [0.15, 0.2) is 60.7 Å². The SMILES string of the molecule is COC(=O)CN(CCc1ccccc1)Cc1ccccc1. The Morgan fingerprint density at radius 3 is 2.10 bits per heavy atom. The lowest BCUT2D eigenvalue weighted by molar-refractivity contribution is -0.142. The summed E-state index contributed by atoms with van der Waals surface area (Å²) in [5, 5.41) is 0. The fourth-order valence-electron chi connectivity index (χ4n) is 2.23. The molecule has 0 spiro atoms. The number of carbonyl (C=O) groups excluding carboxylic acids is 1. The summed E-state index contributed by atoms with van der Waals surface area (Å²) in [5.74, 6) is -0.195. The predicted octanol–water partition coefficient (Wildman–Crippen LogP) is 2.90. The van der Waals surface area contributed by atoms with Crippen LogP contribution in [0.1, 0.15) is 11.1 Å². The third-order valence-electron chi connectivity index (χ3n) is 3.39. The molecule has 0 bridgehead atoms. The van der Waals surface area contributed by atoms with E-state index < -0.39 is 0 Å². The van der Waals surface area contributed by atoms with Gasteiger partial charge in [-0.1, -0.05) is 60.7 Å². The summed E-state index contributed by atoms with van der Waals surface area (Å²) >= 11 is 0. The fraction of sp³-hybridized carbons (Fsp3) is 0.278. The maximum atomic E-state index is 11.6. The first-order chi connectivity index (χ1) is 10.3. The molecular formula is C18H21NO2. The minimum atomic E-state index is -0.195.